The van der Waals surface area contributed by atoms with Crippen LogP contribution in [0.4, 0.5) is 5.69 Å². The molecule has 2 aromatic carbocycles. The average molecular weight is 496 g/mol. The number of nitro benzene ring substituents is 1. The number of hydrogen-bond donors (Lipinski definition) is 1. The first-order chi connectivity index (χ1) is 15.4. The molecule has 0 unspecified atom stereocenters. The Balaban J connectivity index is 1.75. The number of halogens is 1. The van der Waals surface area contributed by atoms with Gasteiger partial charge < -0.3 is 15.2 Å². The number of nitrogens with zero attached hydrogens (tertiary/aromatic N) is 2. The maximum atomic E-state index is 12.8. The quantitative estimate of drug-likeness (QED) is 0.467. The summed E-state index contributed by atoms with van der Waals surface area (Å²) in [6.07, 6.45) is 1.60. The van der Waals surface area contributed by atoms with Crippen molar-refractivity contribution in [2.75, 3.05) is 0 Å². The summed E-state index contributed by atoms with van der Waals surface area (Å²) >= 11 is 3.45. The molecule has 0 fully saturated rings. The van der Waals surface area contributed by atoms with E-state index >= 15 is 0 Å². The monoisotopic (exact) mass is 495 g/mol. The number of nitriles is 1. The fourth-order valence-corrected chi connectivity index (χ4v) is 4.34. The van der Waals surface area contributed by atoms with Crippen LogP contribution in [0.15, 0.2) is 69.7 Å². The maximum absolute atomic E-state index is 12.8. The molecule has 2 N–H and O–H groups in total. The molecule has 1 aliphatic carbocycles. The van der Waals surface area contributed by atoms with E-state index in [1.165, 1.54) is 12.1 Å². The maximum Gasteiger partial charge on any atom is 0.269 e. The number of nitrogens with two attached hydrogens (primary N) is 1. The Morgan fingerprint density at radius 2 is 2.09 bits per heavy atom. The first-order valence-corrected chi connectivity index (χ1v) is 10.7. The number of carbonyl (C=O) groups excluding carboxylic acids is 1. The number of rotatable bonds is 5. The molecule has 9 heteroatoms. The van der Waals surface area contributed by atoms with Gasteiger partial charge in [-0.15, -0.1) is 0 Å². The van der Waals surface area contributed by atoms with Gasteiger partial charge in [0.1, 0.15) is 29.8 Å². The van der Waals surface area contributed by atoms with Gasteiger partial charge in [-0.1, -0.05) is 28.1 Å². The summed E-state index contributed by atoms with van der Waals surface area (Å²) in [6.45, 7) is 0.0699. The number of nitro groups is 1. The van der Waals surface area contributed by atoms with Crippen LogP contribution in [0.5, 0.6) is 5.75 Å². The summed E-state index contributed by atoms with van der Waals surface area (Å²) in [5.74, 6) is 0.121. The van der Waals surface area contributed by atoms with E-state index in [9.17, 15) is 20.2 Å². The smallest absolute Gasteiger partial charge is 0.269 e. The molecule has 0 spiro atoms. The van der Waals surface area contributed by atoms with Crippen molar-refractivity contribution in [1.82, 2.24) is 0 Å². The predicted octanol–water partition coefficient (Wildman–Crippen LogP) is 4.75. The molecule has 0 radical (unpaired) electrons. The lowest BCUT2D eigenvalue weighted by Gasteiger charge is -2.31. The molecular formula is C23H18BrN3O5. The lowest BCUT2D eigenvalue weighted by Crippen LogP contribution is -2.27. The van der Waals surface area contributed by atoms with Crippen molar-refractivity contribution in [2.45, 2.75) is 31.8 Å². The summed E-state index contributed by atoms with van der Waals surface area (Å²) in [5, 5.41) is 20.9. The van der Waals surface area contributed by atoms with Crippen LogP contribution in [0, 0.1) is 21.4 Å². The minimum absolute atomic E-state index is 0.0180. The van der Waals surface area contributed by atoms with Gasteiger partial charge in [0.25, 0.3) is 5.69 Å². The molecule has 2 aromatic rings. The summed E-state index contributed by atoms with van der Waals surface area (Å²) in [5.41, 5.74) is 7.80. The molecule has 0 saturated heterocycles. The van der Waals surface area contributed by atoms with Crippen molar-refractivity contribution in [2.24, 2.45) is 5.73 Å². The number of ketones is 1. The molecule has 1 aliphatic heterocycles. The topological polar surface area (TPSA) is 128 Å². The Bertz CT molecular complexity index is 1230. The third-order valence-corrected chi connectivity index (χ3v) is 5.90. The van der Waals surface area contributed by atoms with E-state index in [2.05, 4.69) is 22.0 Å². The standard InChI is InChI=1S/C23H18BrN3O5/c24-14-7-8-19(31-12-13-3-1-4-15(9-13)27(29)30)16(10-14)21-17(11-25)23(26)32-20-6-2-5-18(28)22(20)21/h1,3-4,7-10,21H,2,5-6,12,26H2/t21-/m0/s1. The van der Waals surface area contributed by atoms with Crippen LogP contribution in [-0.2, 0) is 16.1 Å². The number of hydrogen-bond acceptors (Lipinski definition) is 7. The van der Waals surface area contributed by atoms with Gasteiger partial charge in [-0.05, 0) is 30.2 Å². The third kappa shape index (κ3) is 4.09. The molecule has 32 heavy (non-hydrogen) atoms. The fraction of sp³-hybridized carbons (Fsp3) is 0.217. The Kier molecular flexibility index (Phi) is 5.97. The second kappa shape index (κ2) is 8.85. The minimum atomic E-state index is -0.714. The van der Waals surface area contributed by atoms with Gasteiger partial charge in [0.2, 0.25) is 5.88 Å². The van der Waals surface area contributed by atoms with E-state index in [-0.39, 0.29) is 29.5 Å². The van der Waals surface area contributed by atoms with Crippen molar-refractivity contribution in [3.05, 3.63) is 91.0 Å². The number of non-ortho nitro benzene ring substituents is 1. The van der Waals surface area contributed by atoms with Gasteiger partial charge in [-0.2, -0.15) is 5.26 Å². The number of benzene rings is 2. The van der Waals surface area contributed by atoms with E-state index < -0.39 is 10.8 Å². The zero-order valence-electron chi connectivity index (χ0n) is 16.8. The number of allylic oxidation sites excluding steroid dienone is 3. The number of ether oxygens (including phenoxy) is 2. The van der Waals surface area contributed by atoms with E-state index in [0.29, 0.717) is 47.5 Å². The molecule has 0 saturated carbocycles. The van der Waals surface area contributed by atoms with E-state index in [4.69, 9.17) is 15.2 Å². The second-order valence-corrected chi connectivity index (χ2v) is 8.35. The zero-order valence-corrected chi connectivity index (χ0v) is 18.4. The van der Waals surface area contributed by atoms with Crippen LogP contribution in [0.2, 0.25) is 0 Å². The van der Waals surface area contributed by atoms with Gasteiger partial charge in [0.15, 0.2) is 5.78 Å². The van der Waals surface area contributed by atoms with Gasteiger partial charge in [0.05, 0.1) is 10.8 Å². The Labute approximate surface area is 192 Å². The Morgan fingerprint density at radius 1 is 1.28 bits per heavy atom. The molecule has 1 heterocycles. The highest BCUT2D eigenvalue weighted by atomic mass is 79.9. The van der Waals surface area contributed by atoms with Crippen molar-refractivity contribution >= 4 is 27.4 Å². The fourth-order valence-electron chi connectivity index (χ4n) is 3.96. The van der Waals surface area contributed by atoms with Gasteiger partial charge in [-0.25, -0.2) is 0 Å². The minimum Gasteiger partial charge on any atom is -0.489 e. The molecule has 4 rings (SSSR count). The van der Waals surface area contributed by atoms with E-state index in [1.54, 1.807) is 30.3 Å². The van der Waals surface area contributed by atoms with Crippen molar-refractivity contribution in [3.63, 3.8) is 0 Å². The average Bonchev–Trinajstić information content (AvgIpc) is 2.77. The second-order valence-electron chi connectivity index (χ2n) is 7.44. The molecule has 0 amide bonds. The van der Waals surface area contributed by atoms with Crippen molar-refractivity contribution in [3.8, 4) is 11.8 Å². The van der Waals surface area contributed by atoms with Gasteiger partial charge in [-0.3, -0.25) is 14.9 Å². The summed E-state index contributed by atoms with van der Waals surface area (Å²) in [4.78, 5) is 23.4. The van der Waals surface area contributed by atoms with Crippen LogP contribution in [0.3, 0.4) is 0 Å². The van der Waals surface area contributed by atoms with Crippen LogP contribution in [0.25, 0.3) is 0 Å². The van der Waals surface area contributed by atoms with Crippen molar-refractivity contribution < 1.29 is 19.2 Å². The Morgan fingerprint density at radius 3 is 2.84 bits per heavy atom. The molecule has 2 aliphatic rings. The SMILES string of the molecule is N#CC1=C(N)OC2=C(C(=O)CCC2)[C@H]1c1cc(Br)ccc1OCc1cccc([N+](=O)[O-])c1. The highest BCUT2D eigenvalue weighted by molar-refractivity contribution is 9.10. The van der Waals surface area contributed by atoms with E-state index in [0.717, 1.165) is 4.47 Å². The van der Waals surface area contributed by atoms with Crippen LogP contribution >= 0.6 is 15.9 Å². The molecule has 162 valence electrons. The lowest BCUT2D eigenvalue weighted by atomic mass is 9.77. The van der Waals surface area contributed by atoms with Crippen LogP contribution in [-0.4, -0.2) is 10.7 Å². The predicted molar refractivity (Wildman–Crippen MR) is 118 cm³/mol. The van der Waals surface area contributed by atoms with Gasteiger partial charge >= 0.3 is 0 Å². The number of Topliss-reactive ketones (excluding diaryl/α,β-unsaturated/α-hetero) is 1. The Hall–Kier alpha value is -3.64. The number of carbonyl (C=O) groups is 1. The van der Waals surface area contributed by atoms with Crippen LogP contribution in [0.1, 0.15) is 36.3 Å². The molecule has 1 atom stereocenters. The first-order valence-electron chi connectivity index (χ1n) is 9.88. The molecule has 0 bridgehead atoms. The largest absolute Gasteiger partial charge is 0.489 e. The van der Waals surface area contributed by atoms with E-state index in [1.807, 2.05) is 0 Å². The third-order valence-electron chi connectivity index (χ3n) is 5.40. The van der Waals surface area contributed by atoms with Gasteiger partial charge in [0, 0.05) is 40.6 Å². The van der Waals surface area contributed by atoms with Crippen LogP contribution < -0.4 is 10.5 Å². The normalized spacial score (nSPS) is 18.0. The molecule has 8 nitrogen and oxygen atoms in total. The summed E-state index contributed by atoms with van der Waals surface area (Å²) < 4.78 is 12.4. The summed E-state index contributed by atoms with van der Waals surface area (Å²) in [6, 6.07) is 13.6. The summed E-state index contributed by atoms with van der Waals surface area (Å²) in [7, 11) is 0. The lowest BCUT2D eigenvalue weighted by molar-refractivity contribution is -0.384. The zero-order chi connectivity index (χ0) is 22.8. The highest BCUT2D eigenvalue weighted by Gasteiger charge is 2.39. The first kappa shape index (κ1) is 21.6. The molecule has 0 aromatic heterocycles. The molecular weight excluding hydrogens is 478 g/mol. The highest BCUT2D eigenvalue weighted by Crippen LogP contribution is 2.46. The van der Waals surface area contributed by atoms with Crippen molar-refractivity contribution in [1.29, 1.82) is 5.26 Å².